The van der Waals surface area contributed by atoms with Crippen molar-refractivity contribution in [2.45, 2.75) is 0 Å². The largest absolute Gasteiger partial charge is 0.493 e. The van der Waals surface area contributed by atoms with Gasteiger partial charge in [-0.25, -0.2) is 0 Å². The van der Waals surface area contributed by atoms with Crippen molar-refractivity contribution in [2.75, 3.05) is 14.2 Å². The highest BCUT2D eigenvalue weighted by molar-refractivity contribution is 7.19. The van der Waals surface area contributed by atoms with E-state index in [9.17, 15) is 0 Å². The van der Waals surface area contributed by atoms with Gasteiger partial charge in [0.05, 0.1) is 14.2 Å². The summed E-state index contributed by atoms with van der Waals surface area (Å²) in [7, 11) is 3.20. The molecule has 1 aromatic carbocycles. The van der Waals surface area contributed by atoms with Crippen LogP contribution in [0.3, 0.4) is 0 Å². The molecule has 4 heteroatoms. The van der Waals surface area contributed by atoms with Crippen LogP contribution in [0.2, 0.25) is 0 Å². The number of benzene rings is 1. The van der Waals surface area contributed by atoms with Crippen LogP contribution in [0.15, 0.2) is 18.2 Å². The van der Waals surface area contributed by atoms with Gasteiger partial charge in [0.2, 0.25) is 0 Å². The van der Waals surface area contributed by atoms with Gasteiger partial charge in [-0.1, -0.05) is 0 Å². The number of ether oxygens (including phenoxy) is 2. The standard InChI is InChI=1S/C11H9NO2S/c1-13-9-4-7-3-8(6-12)15-11(7)5-10(9)14-2/h3-5H,1-2H3. The third kappa shape index (κ3) is 1.62. The Morgan fingerprint density at radius 2 is 1.80 bits per heavy atom. The maximum absolute atomic E-state index is 8.79. The van der Waals surface area contributed by atoms with Gasteiger partial charge in [0, 0.05) is 10.8 Å². The van der Waals surface area contributed by atoms with Crippen molar-refractivity contribution >= 4 is 21.4 Å². The van der Waals surface area contributed by atoms with Gasteiger partial charge >= 0.3 is 0 Å². The Morgan fingerprint density at radius 1 is 1.13 bits per heavy atom. The molecule has 0 aliphatic heterocycles. The third-order valence-electron chi connectivity index (χ3n) is 2.13. The van der Waals surface area contributed by atoms with Crippen LogP contribution < -0.4 is 9.47 Å². The molecule has 0 spiro atoms. The van der Waals surface area contributed by atoms with Gasteiger partial charge < -0.3 is 9.47 Å². The Balaban J connectivity index is 2.68. The van der Waals surface area contributed by atoms with E-state index in [2.05, 4.69) is 6.07 Å². The van der Waals surface area contributed by atoms with E-state index >= 15 is 0 Å². The summed E-state index contributed by atoms with van der Waals surface area (Å²) >= 11 is 1.45. The molecule has 1 heterocycles. The zero-order valence-corrected chi connectivity index (χ0v) is 9.22. The number of methoxy groups -OCH3 is 2. The summed E-state index contributed by atoms with van der Waals surface area (Å²) in [6.45, 7) is 0. The number of nitriles is 1. The van der Waals surface area contributed by atoms with Gasteiger partial charge in [-0.05, 0) is 17.5 Å². The normalized spacial score (nSPS) is 9.93. The number of hydrogen-bond donors (Lipinski definition) is 0. The van der Waals surface area contributed by atoms with Crippen molar-refractivity contribution in [3.8, 4) is 17.6 Å². The Morgan fingerprint density at radius 3 is 2.40 bits per heavy atom. The van der Waals surface area contributed by atoms with Crippen LogP contribution in [0.1, 0.15) is 4.88 Å². The summed E-state index contributed by atoms with van der Waals surface area (Å²) < 4.78 is 11.4. The van der Waals surface area contributed by atoms with Crippen LogP contribution in [0, 0.1) is 11.3 Å². The van der Waals surface area contributed by atoms with Crippen molar-refractivity contribution in [3.05, 3.63) is 23.1 Å². The zero-order chi connectivity index (χ0) is 10.8. The number of rotatable bonds is 2. The molecule has 0 aliphatic rings. The van der Waals surface area contributed by atoms with Crippen LogP contribution in [0.25, 0.3) is 10.1 Å². The third-order valence-corrected chi connectivity index (χ3v) is 3.14. The van der Waals surface area contributed by atoms with E-state index in [0.29, 0.717) is 16.4 Å². The fourth-order valence-corrected chi connectivity index (χ4v) is 2.29. The summed E-state index contributed by atoms with van der Waals surface area (Å²) in [5.41, 5.74) is 0. The predicted octanol–water partition coefficient (Wildman–Crippen LogP) is 2.79. The lowest BCUT2D eigenvalue weighted by Crippen LogP contribution is -1.89. The topological polar surface area (TPSA) is 42.2 Å². The molecule has 2 rings (SSSR count). The van der Waals surface area contributed by atoms with Crippen LogP contribution in [0.5, 0.6) is 11.5 Å². The molecule has 76 valence electrons. The second-order valence-electron chi connectivity index (χ2n) is 2.97. The van der Waals surface area contributed by atoms with Crippen molar-refractivity contribution in [1.82, 2.24) is 0 Å². The van der Waals surface area contributed by atoms with E-state index in [1.165, 1.54) is 11.3 Å². The van der Waals surface area contributed by atoms with Crippen molar-refractivity contribution in [1.29, 1.82) is 5.26 Å². The first-order valence-corrected chi connectivity index (χ1v) is 5.16. The quantitative estimate of drug-likeness (QED) is 0.780. The summed E-state index contributed by atoms with van der Waals surface area (Å²) in [5.74, 6) is 1.38. The fraction of sp³-hybridized carbons (Fsp3) is 0.182. The molecule has 0 amide bonds. The monoisotopic (exact) mass is 219 g/mol. The Labute approximate surface area is 91.5 Å². The summed E-state index contributed by atoms with van der Waals surface area (Å²) in [5, 5.41) is 9.80. The van der Waals surface area contributed by atoms with Gasteiger partial charge in [-0.2, -0.15) is 5.26 Å². The molecule has 0 fully saturated rings. The van der Waals surface area contributed by atoms with Gasteiger partial charge in [-0.3, -0.25) is 0 Å². The molecular weight excluding hydrogens is 210 g/mol. The molecule has 0 atom stereocenters. The SMILES string of the molecule is COc1cc2cc(C#N)sc2cc1OC. The van der Waals surface area contributed by atoms with E-state index in [0.717, 1.165) is 10.1 Å². The van der Waals surface area contributed by atoms with E-state index in [4.69, 9.17) is 14.7 Å². The van der Waals surface area contributed by atoms with Crippen molar-refractivity contribution in [2.24, 2.45) is 0 Å². The molecule has 0 bridgehead atoms. The zero-order valence-electron chi connectivity index (χ0n) is 8.40. The lowest BCUT2D eigenvalue weighted by atomic mass is 10.2. The van der Waals surface area contributed by atoms with Gasteiger partial charge in [-0.15, -0.1) is 11.3 Å². The lowest BCUT2D eigenvalue weighted by Gasteiger charge is -2.06. The van der Waals surface area contributed by atoms with E-state index in [1.54, 1.807) is 14.2 Å². The van der Waals surface area contributed by atoms with Crippen molar-refractivity contribution in [3.63, 3.8) is 0 Å². The molecule has 0 saturated heterocycles. The molecule has 15 heavy (non-hydrogen) atoms. The molecule has 0 N–H and O–H groups in total. The summed E-state index contributed by atoms with van der Waals surface area (Å²) in [6, 6.07) is 7.75. The van der Waals surface area contributed by atoms with Crippen LogP contribution >= 0.6 is 11.3 Å². The average molecular weight is 219 g/mol. The van der Waals surface area contributed by atoms with Crippen molar-refractivity contribution < 1.29 is 9.47 Å². The minimum Gasteiger partial charge on any atom is -0.493 e. The number of thiophene rings is 1. The predicted molar refractivity (Wildman–Crippen MR) is 59.6 cm³/mol. The van der Waals surface area contributed by atoms with Crippen LogP contribution in [-0.2, 0) is 0 Å². The highest BCUT2D eigenvalue weighted by Gasteiger charge is 2.08. The van der Waals surface area contributed by atoms with Gasteiger partial charge in [0.25, 0.3) is 0 Å². The first-order valence-electron chi connectivity index (χ1n) is 4.34. The van der Waals surface area contributed by atoms with Crippen LogP contribution in [0.4, 0.5) is 0 Å². The highest BCUT2D eigenvalue weighted by Crippen LogP contribution is 2.35. The molecule has 1 aromatic heterocycles. The second kappa shape index (κ2) is 3.79. The summed E-state index contributed by atoms with van der Waals surface area (Å²) in [4.78, 5) is 0.695. The van der Waals surface area contributed by atoms with Crippen LogP contribution in [-0.4, -0.2) is 14.2 Å². The first-order chi connectivity index (χ1) is 7.28. The van der Waals surface area contributed by atoms with E-state index in [1.807, 2.05) is 18.2 Å². The molecule has 0 aliphatic carbocycles. The second-order valence-corrected chi connectivity index (χ2v) is 4.05. The molecule has 0 saturated carbocycles. The molecular formula is C11H9NO2S. The van der Waals surface area contributed by atoms with E-state index < -0.39 is 0 Å². The maximum Gasteiger partial charge on any atom is 0.162 e. The molecule has 3 nitrogen and oxygen atoms in total. The molecule has 0 unspecified atom stereocenters. The van der Waals surface area contributed by atoms with E-state index in [-0.39, 0.29) is 0 Å². The molecule has 0 radical (unpaired) electrons. The number of hydrogen-bond acceptors (Lipinski definition) is 4. The minimum atomic E-state index is 0.687. The Hall–Kier alpha value is -1.73. The summed E-state index contributed by atoms with van der Waals surface area (Å²) in [6.07, 6.45) is 0. The Bertz CT molecular complexity index is 498. The molecule has 2 aromatic rings. The fourth-order valence-electron chi connectivity index (χ4n) is 1.42. The van der Waals surface area contributed by atoms with Gasteiger partial charge in [0.15, 0.2) is 11.5 Å². The van der Waals surface area contributed by atoms with Gasteiger partial charge in [0.1, 0.15) is 10.9 Å². The lowest BCUT2D eigenvalue weighted by molar-refractivity contribution is 0.356. The smallest absolute Gasteiger partial charge is 0.162 e. The highest BCUT2D eigenvalue weighted by atomic mass is 32.1. The maximum atomic E-state index is 8.79. The first kappa shape index (κ1) is 9.81. The number of fused-ring (bicyclic) bond motifs is 1. The minimum absolute atomic E-state index is 0.687. The number of nitrogens with zero attached hydrogens (tertiary/aromatic N) is 1. The average Bonchev–Trinajstić information content (AvgIpc) is 2.68. The Kier molecular flexibility index (Phi) is 2.48.